The summed E-state index contributed by atoms with van der Waals surface area (Å²) in [6, 6.07) is 34.2. The molecule has 0 aliphatic carbocycles. The first-order valence-corrected chi connectivity index (χ1v) is 20.1. The van der Waals surface area contributed by atoms with E-state index >= 15 is 0 Å². The Balaban J connectivity index is 0.000000233. The van der Waals surface area contributed by atoms with Crippen LogP contribution in [-0.2, 0) is 31.2 Å². The maximum atomic E-state index is 12.6. The molecule has 1 atom stereocenters. The predicted molar refractivity (Wildman–Crippen MR) is 208 cm³/mol. The summed E-state index contributed by atoms with van der Waals surface area (Å²) in [5.74, 6) is -2.61. The highest BCUT2D eigenvalue weighted by atomic mass is 35.5. The minimum atomic E-state index is -4.07. The van der Waals surface area contributed by atoms with E-state index in [9.17, 15) is 23.1 Å². The second-order valence-electron chi connectivity index (χ2n) is 13.5. The van der Waals surface area contributed by atoms with Crippen LogP contribution >= 0.6 is 23.2 Å². The number of ketones is 1. The fourth-order valence-electron chi connectivity index (χ4n) is 5.33. The number of carbonyl (C=O) groups excluding carboxylic acids is 2. The summed E-state index contributed by atoms with van der Waals surface area (Å²) in [6.07, 6.45) is 0.942. The first-order chi connectivity index (χ1) is 24.4. The number of benzene rings is 5. The van der Waals surface area contributed by atoms with Crippen LogP contribution in [0.5, 0.6) is 5.75 Å². The maximum absolute atomic E-state index is 12.6. The lowest BCUT2D eigenvalue weighted by atomic mass is 9.87. The molecule has 0 bridgehead atoms. The Morgan fingerprint density at radius 1 is 0.750 bits per heavy atom. The van der Waals surface area contributed by atoms with Gasteiger partial charge in [0.05, 0.1) is 10.9 Å². The van der Waals surface area contributed by atoms with Crippen molar-refractivity contribution >= 4 is 56.0 Å². The van der Waals surface area contributed by atoms with Crippen LogP contribution in [0.1, 0.15) is 79.6 Å². The van der Waals surface area contributed by atoms with Crippen molar-refractivity contribution in [3.8, 4) is 5.75 Å². The summed E-state index contributed by atoms with van der Waals surface area (Å²) in [7, 11) is -4.25. The number of carboxylic acids is 1. The van der Waals surface area contributed by atoms with Crippen molar-refractivity contribution in [3.05, 3.63) is 147 Å². The van der Waals surface area contributed by atoms with Crippen LogP contribution in [0.2, 0.25) is 10.0 Å². The number of rotatable bonds is 10. The summed E-state index contributed by atoms with van der Waals surface area (Å²) in [5, 5.41) is 12.2. The van der Waals surface area contributed by atoms with Gasteiger partial charge in [-0.1, -0.05) is 82.1 Å². The SMILES string of the molecule is CC(C)(C)c1ccc([S+](c2ccc(Cl)cc2)c2ccc(Cl)cc2)cc1.CCC(C)c1ccc(S(=O)(=O)Oc2c(C)cc(C(=O)C(=O)[O-])cc2C)cc1. The molecule has 0 N–H and O–H groups in total. The largest absolute Gasteiger partial charge is 0.541 e. The van der Waals surface area contributed by atoms with Gasteiger partial charge >= 0.3 is 10.1 Å². The third kappa shape index (κ3) is 10.3. The average molecular weight is 778 g/mol. The van der Waals surface area contributed by atoms with Gasteiger partial charge in [-0.15, -0.1) is 0 Å². The van der Waals surface area contributed by atoms with Crippen molar-refractivity contribution in [2.45, 2.75) is 85.8 Å². The van der Waals surface area contributed by atoms with Crippen LogP contribution in [-0.4, -0.2) is 20.2 Å². The van der Waals surface area contributed by atoms with Crippen LogP contribution in [0.3, 0.4) is 0 Å². The Morgan fingerprint density at radius 2 is 1.17 bits per heavy atom. The molecule has 0 radical (unpaired) electrons. The van der Waals surface area contributed by atoms with Crippen molar-refractivity contribution < 1.29 is 27.3 Å². The molecular weight excluding hydrogens is 735 g/mol. The lowest BCUT2D eigenvalue weighted by Gasteiger charge is -2.19. The highest BCUT2D eigenvalue weighted by Gasteiger charge is 2.29. The van der Waals surface area contributed by atoms with E-state index in [1.807, 2.05) is 24.3 Å². The Bertz CT molecular complexity index is 2050. The first kappa shape index (κ1) is 40.7. The second kappa shape index (κ2) is 17.2. The number of halogens is 2. The Labute approximate surface area is 320 Å². The van der Waals surface area contributed by atoms with Gasteiger partial charge in [0.15, 0.2) is 14.7 Å². The monoisotopic (exact) mass is 776 g/mol. The molecule has 0 fully saturated rings. The highest BCUT2D eigenvalue weighted by Crippen LogP contribution is 2.34. The summed E-state index contributed by atoms with van der Waals surface area (Å²) in [5.41, 5.74) is 3.10. The number of carboxylic acid groups (broad SMARTS) is 1. The molecular formula is C42H42Cl2O6S2. The smallest absolute Gasteiger partial charge is 0.339 e. The van der Waals surface area contributed by atoms with E-state index in [0.717, 1.165) is 22.0 Å². The van der Waals surface area contributed by atoms with E-state index in [-0.39, 0.29) is 32.5 Å². The molecule has 10 heteroatoms. The molecule has 0 saturated carbocycles. The number of hydrogen-bond donors (Lipinski definition) is 0. The third-order valence-electron chi connectivity index (χ3n) is 8.51. The second-order valence-corrected chi connectivity index (χ2v) is 17.9. The van der Waals surface area contributed by atoms with E-state index < -0.39 is 21.9 Å². The van der Waals surface area contributed by atoms with Gasteiger partial charge < -0.3 is 14.1 Å². The first-order valence-electron chi connectivity index (χ1n) is 16.7. The lowest BCUT2D eigenvalue weighted by Crippen LogP contribution is -2.31. The Hall–Kier alpha value is -4.08. The standard InChI is InChI=1S/C22H21Cl2S.C20H22O6S/c1-22(2,3)16-4-10-19(11-5-16)25(20-12-6-17(23)7-13-20)21-14-8-18(24)9-15-21;1-5-12(2)15-6-8-17(9-7-15)27(24,25)26-19-13(3)10-16(11-14(19)4)18(21)20(22)23/h4-15H,1-3H3;6-12H,5H2,1-4H3,(H,22,23)/q+1;/p-1. The van der Waals surface area contributed by atoms with E-state index in [2.05, 4.69) is 83.1 Å². The third-order valence-corrected chi connectivity index (χ3v) is 12.5. The normalized spacial score (nSPS) is 12.1. The zero-order valence-electron chi connectivity index (χ0n) is 30.2. The molecule has 0 heterocycles. The van der Waals surface area contributed by atoms with Gasteiger partial charge in [-0.3, -0.25) is 4.79 Å². The zero-order chi connectivity index (χ0) is 38.4. The number of aryl methyl sites for hydroxylation is 2. The number of aliphatic carboxylic acids is 1. The molecule has 6 nitrogen and oxygen atoms in total. The Morgan fingerprint density at radius 3 is 1.56 bits per heavy atom. The topological polar surface area (TPSA) is 101 Å². The van der Waals surface area contributed by atoms with Crippen LogP contribution in [0.25, 0.3) is 0 Å². The molecule has 52 heavy (non-hydrogen) atoms. The van der Waals surface area contributed by atoms with E-state index in [1.54, 1.807) is 12.1 Å². The number of hydrogen-bond acceptors (Lipinski definition) is 6. The lowest BCUT2D eigenvalue weighted by molar-refractivity contribution is -0.296. The molecule has 5 aromatic rings. The van der Waals surface area contributed by atoms with E-state index in [4.69, 9.17) is 27.4 Å². The zero-order valence-corrected chi connectivity index (χ0v) is 33.3. The molecule has 0 aliphatic rings. The van der Waals surface area contributed by atoms with Gasteiger partial charge in [0, 0.05) is 15.6 Å². The van der Waals surface area contributed by atoms with Gasteiger partial charge in [0.1, 0.15) is 16.6 Å². The fourth-order valence-corrected chi connectivity index (χ4v) is 8.67. The summed E-state index contributed by atoms with van der Waals surface area (Å²) >= 11 is 12.2. The van der Waals surface area contributed by atoms with Crippen molar-refractivity contribution in [1.29, 1.82) is 0 Å². The average Bonchev–Trinajstić information content (AvgIpc) is 3.11. The van der Waals surface area contributed by atoms with Crippen molar-refractivity contribution in [1.82, 2.24) is 0 Å². The van der Waals surface area contributed by atoms with Crippen LogP contribution in [0.4, 0.5) is 0 Å². The summed E-state index contributed by atoms with van der Waals surface area (Å²) in [6.45, 7) is 13.9. The minimum absolute atomic E-state index is 0.0169. The molecule has 0 spiro atoms. The molecule has 0 amide bonds. The molecule has 0 aromatic heterocycles. The molecule has 1 unspecified atom stereocenters. The predicted octanol–water partition coefficient (Wildman–Crippen LogP) is 9.90. The van der Waals surface area contributed by atoms with Crippen LogP contribution in [0, 0.1) is 13.8 Å². The van der Waals surface area contributed by atoms with Crippen molar-refractivity contribution in [2.75, 3.05) is 0 Å². The molecule has 272 valence electrons. The van der Waals surface area contributed by atoms with E-state index in [1.165, 1.54) is 58.4 Å². The molecule has 5 rings (SSSR count). The van der Waals surface area contributed by atoms with Gasteiger partial charge in [-0.2, -0.15) is 8.42 Å². The summed E-state index contributed by atoms with van der Waals surface area (Å²) < 4.78 is 30.5. The molecule has 0 saturated heterocycles. The van der Waals surface area contributed by atoms with Gasteiger partial charge in [0.2, 0.25) is 5.78 Å². The minimum Gasteiger partial charge on any atom is -0.541 e. The van der Waals surface area contributed by atoms with Gasteiger partial charge in [0.25, 0.3) is 0 Å². The van der Waals surface area contributed by atoms with Crippen molar-refractivity contribution in [3.63, 3.8) is 0 Å². The Kier molecular flexibility index (Phi) is 13.4. The summed E-state index contributed by atoms with van der Waals surface area (Å²) in [4.78, 5) is 26.1. The van der Waals surface area contributed by atoms with E-state index in [0.29, 0.717) is 17.0 Å². The fraction of sp³-hybridized carbons (Fsp3) is 0.238. The maximum Gasteiger partial charge on any atom is 0.339 e. The molecule has 0 aliphatic heterocycles. The van der Waals surface area contributed by atoms with Gasteiger partial charge in [-0.25, -0.2) is 0 Å². The van der Waals surface area contributed by atoms with Gasteiger partial charge in [-0.05, 0) is 139 Å². The number of carbonyl (C=O) groups is 2. The molecule has 5 aromatic carbocycles. The quantitative estimate of drug-likeness (QED) is 0.0606. The van der Waals surface area contributed by atoms with Crippen LogP contribution in [0.15, 0.2) is 129 Å². The highest BCUT2D eigenvalue weighted by molar-refractivity contribution is 7.97. The van der Waals surface area contributed by atoms with Crippen LogP contribution < -0.4 is 9.29 Å². The number of Topliss-reactive ketones (excluding diaryl/α,β-unsaturated/α-hetero) is 1. The van der Waals surface area contributed by atoms with Crippen molar-refractivity contribution in [2.24, 2.45) is 0 Å².